The van der Waals surface area contributed by atoms with E-state index in [0.29, 0.717) is 6.54 Å². The van der Waals surface area contributed by atoms with Crippen LogP contribution >= 0.6 is 0 Å². The molecule has 0 saturated heterocycles. The monoisotopic (exact) mass is 258 g/mol. The van der Waals surface area contributed by atoms with Crippen LogP contribution in [0, 0.1) is 6.07 Å². The third-order valence-electron chi connectivity index (χ3n) is 3.01. The van der Waals surface area contributed by atoms with Crippen molar-refractivity contribution >= 4 is 16.8 Å². The molecule has 1 amide bonds. The number of nitrogens with zero attached hydrogens (tertiary/aromatic N) is 2. The highest BCUT2D eigenvalue weighted by Gasteiger charge is 2.05. The molecule has 0 aliphatic rings. The maximum Gasteiger partial charge on any atom is 0.239 e. The molecule has 4 heteroatoms. The number of amides is 1. The Morgan fingerprint density at radius 3 is 2.95 bits per heavy atom. The Bertz CT molecular complexity index is 545. The average molecular weight is 258 g/mol. The summed E-state index contributed by atoms with van der Waals surface area (Å²) in [7, 11) is 4.06. The Morgan fingerprint density at radius 1 is 1.37 bits per heavy atom. The fourth-order valence-electron chi connectivity index (χ4n) is 2.03. The summed E-state index contributed by atoms with van der Waals surface area (Å²) in [5.41, 5.74) is 1.05. The van der Waals surface area contributed by atoms with Crippen molar-refractivity contribution in [3.8, 4) is 0 Å². The Morgan fingerprint density at radius 2 is 2.16 bits per heavy atom. The Hall–Kier alpha value is -1.81. The predicted molar refractivity (Wildman–Crippen MR) is 77.0 cm³/mol. The first-order valence-electron chi connectivity index (χ1n) is 6.54. The number of para-hydroxylation sites is 1. The van der Waals surface area contributed by atoms with E-state index in [9.17, 15) is 4.79 Å². The van der Waals surface area contributed by atoms with E-state index in [1.165, 1.54) is 0 Å². The lowest BCUT2D eigenvalue weighted by Crippen LogP contribution is -2.29. The smallest absolute Gasteiger partial charge is 0.239 e. The van der Waals surface area contributed by atoms with Crippen molar-refractivity contribution in [3.63, 3.8) is 0 Å². The maximum absolute atomic E-state index is 11.8. The zero-order valence-corrected chi connectivity index (χ0v) is 11.5. The highest BCUT2D eigenvalue weighted by Crippen LogP contribution is 2.13. The molecule has 0 aliphatic carbocycles. The molecule has 0 atom stereocenters. The minimum Gasteiger partial charge on any atom is -0.355 e. The molecule has 4 nitrogen and oxygen atoms in total. The second-order valence-electron chi connectivity index (χ2n) is 4.93. The van der Waals surface area contributed by atoms with Gasteiger partial charge in [-0.05, 0) is 33.1 Å². The molecule has 1 N–H and O–H groups in total. The molecule has 0 spiro atoms. The van der Waals surface area contributed by atoms with Gasteiger partial charge in [-0.3, -0.25) is 4.79 Å². The van der Waals surface area contributed by atoms with Crippen LogP contribution in [0.4, 0.5) is 0 Å². The molecule has 1 aromatic carbocycles. The third kappa shape index (κ3) is 3.83. The highest BCUT2D eigenvalue weighted by atomic mass is 16.1. The molecule has 2 rings (SSSR count). The van der Waals surface area contributed by atoms with Crippen molar-refractivity contribution < 1.29 is 4.79 Å². The Labute approximate surface area is 114 Å². The number of aromatic nitrogens is 1. The van der Waals surface area contributed by atoms with E-state index in [-0.39, 0.29) is 5.91 Å². The first-order valence-corrected chi connectivity index (χ1v) is 6.54. The van der Waals surface area contributed by atoms with Gasteiger partial charge in [-0.2, -0.15) is 0 Å². The van der Waals surface area contributed by atoms with Crippen molar-refractivity contribution in [3.05, 3.63) is 36.5 Å². The van der Waals surface area contributed by atoms with Crippen LogP contribution in [0.5, 0.6) is 0 Å². The van der Waals surface area contributed by atoms with Crippen LogP contribution in [0.2, 0.25) is 0 Å². The minimum atomic E-state index is 0.0495. The normalized spacial score (nSPS) is 11.1. The van der Waals surface area contributed by atoms with Crippen molar-refractivity contribution in [2.75, 3.05) is 27.2 Å². The van der Waals surface area contributed by atoms with Crippen molar-refractivity contribution in [2.45, 2.75) is 13.0 Å². The van der Waals surface area contributed by atoms with Crippen LogP contribution in [0.15, 0.2) is 30.5 Å². The van der Waals surface area contributed by atoms with E-state index in [2.05, 4.69) is 16.3 Å². The minimum absolute atomic E-state index is 0.0495. The van der Waals surface area contributed by atoms with E-state index < -0.39 is 0 Å². The zero-order chi connectivity index (χ0) is 13.7. The summed E-state index contributed by atoms with van der Waals surface area (Å²) >= 11 is 0. The van der Waals surface area contributed by atoms with Crippen molar-refractivity contribution in [2.24, 2.45) is 0 Å². The van der Waals surface area contributed by atoms with Crippen LogP contribution in [0.1, 0.15) is 6.42 Å². The lowest BCUT2D eigenvalue weighted by molar-refractivity contribution is -0.121. The van der Waals surface area contributed by atoms with Crippen LogP contribution in [-0.4, -0.2) is 42.6 Å². The van der Waals surface area contributed by atoms with Gasteiger partial charge in [-0.1, -0.05) is 18.2 Å². The van der Waals surface area contributed by atoms with Gasteiger partial charge in [-0.15, -0.1) is 0 Å². The summed E-state index contributed by atoms with van der Waals surface area (Å²) < 4.78 is 1.93. The molecule has 0 fully saturated rings. The van der Waals surface area contributed by atoms with Gasteiger partial charge in [0.2, 0.25) is 5.91 Å². The van der Waals surface area contributed by atoms with Gasteiger partial charge < -0.3 is 14.8 Å². The zero-order valence-electron chi connectivity index (χ0n) is 11.5. The third-order valence-corrected chi connectivity index (χ3v) is 3.01. The molecule has 0 saturated carbocycles. The van der Waals surface area contributed by atoms with Gasteiger partial charge in [0.1, 0.15) is 6.54 Å². The SMILES string of the molecule is CN(C)CCCNC(=O)Cn1c[c]c2ccccc21. The van der Waals surface area contributed by atoms with Gasteiger partial charge in [0, 0.05) is 29.7 Å². The number of hydrogen-bond acceptors (Lipinski definition) is 2. The topological polar surface area (TPSA) is 37.3 Å². The number of fused-ring (bicyclic) bond motifs is 1. The Balaban J connectivity index is 1.85. The lowest BCUT2D eigenvalue weighted by Gasteiger charge is -2.10. The molecule has 2 aromatic rings. The Kier molecular flexibility index (Phi) is 4.58. The summed E-state index contributed by atoms with van der Waals surface area (Å²) in [4.78, 5) is 14.0. The lowest BCUT2D eigenvalue weighted by atomic mass is 10.2. The number of nitrogens with one attached hydrogen (secondary N) is 1. The maximum atomic E-state index is 11.8. The van der Waals surface area contributed by atoms with Crippen LogP contribution < -0.4 is 5.32 Å². The van der Waals surface area contributed by atoms with Crippen LogP contribution in [-0.2, 0) is 11.3 Å². The molecular weight excluding hydrogens is 238 g/mol. The summed E-state index contributed by atoms with van der Waals surface area (Å²) in [6.07, 6.45) is 2.81. The number of carbonyl (C=O) groups excluding carboxylic acids is 1. The quantitative estimate of drug-likeness (QED) is 0.797. The fourth-order valence-corrected chi connectivity index (χ4v) is 2.03. The van der Waals surface area contributed by atoms with Gasteiger partial charge >= 0.3 is 0 Å². The summed E-state index contributed by atoms with van der Waals surface area (Å²) in [6, 6.07) is 11.1. The molecule has 1 radical (unpaired) electrons. The molecule has 0 bridgehead atoms. The second kappa shape index (κ2) is 6.38. The fraction of sp³-hybridized carbons (Fsp3) is 0.400. The molecular formula is C15H20N3O. The van der Waals surface area contributed by atoms with E-state index in [1.54, 1.807) is 0 Å². The number of hydrogen-bond donors (Lipinski definition) is 1. The summed E-state index contributed by atoms with van der Waals surface area (Å²) in [5.74, 6) is 0.0495. The van der Waals surface area contributed by atoms with Crippen LogP contribution in [0.25, 0.3) is 10.9 Å². The summed E-state index contributed by atoms with van der Waals surface area (Å²) in [5, 5.41) is 3.99. The number of rotatable bonds is 6. The van der Waals surface area contributed by atoms with Crippen LogP contribution in [0.3, 0.4) is 0 Å². The molecule has 1 heterocycles. The molecule has 19 heavy (non-hydrogen) atoms. The van der Waals surface area contributed by atoms with Crippen molar-refractivity contribution in [1.82, 2.24) is 14.8 Å². The van der Waals surface area contributed by atoms with E-state index in [0.717, 1.165) is 30.4 Å². The predicted octanol–water partition coefficient (Wildman–Crippen LogP) is 1.51. The van der Waals surface area contributed by atoms with Crippen molar-refractivity contribution in [1.29, 1.82) is 0 Å². The van der Waals surface area contributed by atoms with E-state index in [1.807, 2.05) is 49.1 Å². The van der Waals surface area contributed by atoms with Gasteiger partial charge in [0.25, 0.3) is 0 Å². The van der Waals surface area contributed by atoms with E-state index >= 15 is 0 Å². The standard InChI is InChI=1S/C15H20N3O/c1-17(2)10-5-9-16-15(19)12-18-11-8-13-6-3-4-7-14(13)18/h3-4,6-7,11H,5,9-10,12H2,1-2H3,(H,16,19). The van der Waals surface area contributed by atoms with Gasteiger partial charge in [0.15, 0.2) is 0 Å². The molecule has 0 unspecified atom stereocenters. The molecule has 1 aromatic heterocycles. The first-order chi connectivity index (χ1) is 9.16. The number of benzene rings is 1. The van der Waals surface area contributed by atoms with Gasteiger partial charge in [0.05, 0.1) is 0 Å². The van der Waals surface area contributed by atoms with Gasteiger partial charge in [-0.25, -0.2) is 0 Å². The first kappa shape index (κ1) is 13.6. The summed E-state index contributed by atoms with van der Waals surface area (Å²) in [6.45, 7) is 2.06. The number of carbonyl (C=O) groups is 1. The molecule has 0 aliphatic heterocycles. The highest BCUT2D eigenvalue weighted by molar-refractivity contribution is 5.82. The molecule has 101 valence electrons. The largest absolute Gasteiger partial charge is 0.355 e. The second-order valence-corrected chi connectivity index (χ2v) is 4.93. The van der Waals surface area contributed by atoms with E-state index in [4.69, 9.17) is 0 Å². The average Bonchev–Trinajstić information content (AvgIpc) is 2.78.